The predicted octanol–water partition coefficient (Wildman–Crippen LogP) is 4.74. The minimum absolute atomic E-state index is 0.283. The van der Waals surface area contributed by atoms with Crippen molar-refractivity contribution in [2.24, 2.45) is 0 Å². The summed E-state index contributed by atoms with van der Waals surface area (Å²) in [6, 6.07) is 8.35. The fourth-order valence-electron chi connectivity index (χ4n) is 3.07. The lowest BCUT2D eigenvalue weighted by Gasteiger charge is -2.29. The van der Waals surface area contributed by atoms with E-state index in [2.05, 4.69) is 43.8 Å². The van der Waals surface area contributed by atoms with Gasteiger partial charge in [0, 0.05) is 0 Å². The summed E-state index contributed by atoms with van der Waals surface area (Å²) in [5.41, 5.74) is 2.15. The highest BCUT2D eigenvalue weighted by Crippen LogP contribution is 2.43. The third-order valence-corrected chi connectivity index (χ3v) is 4.20. The molecule has 0 aromatic heterocycles. The Bertz CT molecular complexity index is 591. The predicted molar refractivity (Wildman–Crippen MR) is 93.8 cm³/mol. The minimum Gasteiger partial charge on any atom is -0.365 e. The van der Waals surface area contributed by atoms with Crippen LogP contribution in [0.15, 0.2) is 61.0 Å². The Hall–Kier alpha value is -1.71. The highest BCUT2D eigenvalue weighted by molar-refractivity contribution is 5.36. The van der Waals surface area contributed by atoms with Crippen molar-refractivity contribution < 1.29 is 9.13 Å². The van der Waals surface area contributed by atoms with Gasteiger partial charge in [0.25, 0.3) is 0 Å². The first-order valence-electron chi connectivity index (χ1n) is 8.09. The van der Waals surface area contributed by atoms with Gasteiger partial charge in [-0.05, 0) is 63.2 Å². The number of halogens is 1. The number of benzene rings is 1. The zero-order valence-electron chi connectivity index (χ0n) is 14.1. The van der Waals surface area contributed by atoms with Crippen molar-refractivity contribution in [2.45, 2.75) is 31.5 Å². The maximum Gasteiger partial charge on any atom is 0.122 e. The molecule has 0 N–H and O–H groups in total. The van der Waals surface area contributed by atoms with Gasteiger partial charge >= 0.3 is 0 Å². The molecular formula is C20H26FNO. The Labute approximate surface area is 139 Å². The number of rotatable bonds is 8. The standard InChI is InChI=1S/C20H26FNO/c1-4-9-18(21)11-7-13-20(14-8-15-22(2)3)19-12-6-5-10-17(19)16-23-20/h4-7,9-12H,1,8,13-16H2,2-3H3/b11-7-,18-9+. The van der Waals surface area contributed by atoms with Gasteiger partial charge < -0.3 is 9.64 Å². The summed E-state index contributed by atoms with van der Waals surface area (Å²) in [5.74, 6) is -0.283. The molecule has 0 bridgehead atoms. The maximum absolute atomic E-state index is 13.5. The normalized spacial score (nSPS) is 21.1. The summed E-state index contributed by atoms with van der Waals surface area (Å²) >= 11 is 0. The van der Waals surface area contributed by atoms with Crippen molar-refractivity contribution in [3.8, 4) is 0 Å². The smallest absolute Gasteiger partial charge is 0.122 e. The van der Waals surface area contributed by atoms with E-state index in [4.69, 9.17) is 4.74 Å². The molecule has 1 unspecified atom stereocenters. The first-order chi connectivity index (χ1) is 11.1. The number of allylic oxidation sites excluding steroid dienone is 4. The molecule has 124 valence electrons. The summed E-state index contributed by atoms with van der Waals surface area (Å²) < 4.78 is 19.7. The van der Waals surface area contributed by atoms with Crippen molar-refractivity contribution in [3.63, 3.8) is 0 Å². The fraction of sp³-hybridized carbons (Fsp3) is 0.400. The lowest BCUT2D eigenvalue weighted by molar-refractivity contribution is -0.0444. The number of hydrogen-bond donors (Lipinski definition) is 0. The summed E-state index contributed by atoms with van der Waals surface area (Å²) in [4.78, 5) is 2.18. The molecule has 0 amide bonds. The molecule has 1 aliphatic rings. The van der Waals surface area contributed by atoms with Crippen molar-refractivity contribution in [1.82, 2.24) is 4.90 Å². The SMILES string of the molecule is C=C/C=C(F)\C=C/CC1(CCCN(C)C)OCc2ccccc21. The van der Waals surface area contributed by atoms with Crippen LogP contribution in [0.3, 0.4) is 0 Å². The number of nitrogens with zero attached hydrogens (tertiary/aromatic N) is 1. The molecule has 0 saturated carbocycles. The molecule has 2 nitrogen and oxygen atoms in total. The van der Waals surface area contributed by atoms with E-state index in [1.54, 1.807) is 0 Å². The second-order valence-electron chi connectivity index (χ2n) is 6.24. The monoisotopic (exact) mass is 315 g/mol. The van der Waals surface area contributed by atoms with Crippen LogP contribution in [-0.4, -0.2) is 25.5 Å². The quantitative estimate of drug-likeness (QED) is 0.643. The molecule has 1 heterocycles. The Balaban J connectivity index is 2.16. The van der Waals surface area contributed by atoms with E-state index in [9.17, 15) is 4.39 Å². The van der Waals surface area contributed by atoms with Crippen molar-refractivity contribution in [2.75, 3.05) is 20.6 Å². The molecule has 0 saturated heterocycles. The van der Waals surface area contributed by atoms with Crippen LogP contribution >= 0.6 is 0 Å². The maximum atomic E-state index is 13.5. The molecule has 1 atom stereocenters. The van der Waals surface area contributed by atoms with Crippen LogP contribution in [0.25, 0.3) is 0 Å². The first kappa shape index (κ1) is 17.6. The van der Waals surface area contributed by atoms with Gasteiger partial charge in [0.05, 0.1) is 12.2 Å². The largest absolute Gasteiger partial charge is 0.365 e. The van der Waals surface area contributed by atoms with E-state index in [-0.39, 0.29) is 11.4 Å². The van der Waals surface area contributed by atoms with Crippen LogP contribution in [0.1, 0.15) is 30.4 Å². The number of hydrogen-bond acceptors (Lipinski definition) is 2. The van der Waals surface area contributed by atoms with Gasteiger partial charge in [-0.1, -0.05) is 43.0 Å². The highest BCUT2D eigenvalue weighted by atomic mass is 19.1. The van der Waals surface area contributed by atoms with Gasteiger partial charge in [0.1, 0.15) is 5.83 Å². The lowest BCUT2D eigenvalue weighted by Crippen LogP contribution is -2.26. The van der Waals surface area contributed by atoms with E-state index in [0.29, 0.717) is 13.0 Å². The molecular weight excluding hydrogens is 289 g/mol. The summed E-state index contributed by atoms with van der Waals surface area (Å²) in [7, 11) is 4.15. The topological polar surface area (TPSA) is 12.5 Å². The average Bonchev–Trinajstić information content (AvgIpc) is 2.87. The molecule has 2 rings (SSSR count). The van der Waals surface area contributed by atoms with E-state index in [1.807, 2.05) is 12.1 Å². The third kappa shape index (κ3) is 4.63. The van der Waals surface area contributed by atoms with Gasteiger partial charge in [-0.3, -0.25) is 0 Å². The van der Waals surface area contributed by atoms with Gasteiger partial charge in [0.15, 0.2) is 0 Å². The van der Waals surface area contributed by atoms with Crippen molar-refractivity contribution in [3.05, 3.63) is 72.1 Å². The van der Waals surface area contributed by atoms with Crippen LogP contribution in [0.4, 0.5) is 4.39 Å². The first-order valence-corrected chi connectivity index (χ1v) is 8.09. The molecule has 1 aliphatic heterocycles. The Morgan fingerprint density at radius 1 is 1.39 bits per heavy atom. The van der Waals surface area contributed by atoms with Crippen molar-refractivity contribution >= 4 is 0 Å². The molecule has 23 heavy (non-hydrogen) atoms. The molecule has 3 heteroatoms. The second kappa shape index (κ2) is 8.23. The molecule has 1 aromatic rings. The van der Waals surface area contributed by atoms with Crippen LogP contribution in [-0.2, 0) is 16.9 Å². The molecule has 0 aliphatic carbocycles. The fourth-order valence-corrected chi connectivity index (χ4v) is 3.07. The molecule has 0 fully saturated rings. The summed E-state index contributed by atoms with van der Waals surface area (Å²) in [6.07, 6.45) is 8.83. The van der Waals surface area contributed by atoms with Crippen LogP contribution in [0.2, 0.25) is 0 Å². The average molecular weight is 315 g/mol. The summed E-state index contributed by atoms with van der Waals surface area (Å²) in [5, 5.41) is 0. The van der Waals surface area contributed by atoms with Gasteiger partial charge in [-0.15, -0.1) is 0 Å². The second-order valence-corrected chi connectivity index (χ2v) is 6.24. The van der Waals surface area contributed by atoms with Crippen LogP contribution < -0.4 is 0 Å². The summed E-state index contributed by atoms with van der Waals surface area (Å²) in [6.45, 7) is 5.16. The van der Waals surface area contributed by atoms with E-state index >= 15 is 0 Å². The Morgan fingerprint density at radius 2 is 2.17 bits per heavy atom. The highest BCUT2D eigenvalue weighted by Gasteiger charge is 2.38. The lowest BCUT2D eigenvalue weighted by atomic mass is 9.85. The Kier molecular flexibility index (Phi) is 6.31. The van der Waals surface area contributed by atoms with Gasteiger partial charge in [-0.2, -0.15) is 0 Å². The number of fused-ring (bicyclic) bond motifs is 1. The zero-order valence-corrected chi connectivity index (χ0v) is 14.1. The van der Waals surface area contributed by atoms with Gasteiger partial charge in [0.2, 0.25) is 0 Å². The third-order valence-electron chi connectivity index (χ3n) is 4.20. The number of ether oxygens (including phenoxy) is 1. The Morgan fingerprint density at radius 3 is 2.91 bits per heavy atom. The van der Waals surface area contributed by atoms with Crippen LogP contribution in [0.5, 0.6) is 0 Å². The zero-order chi connectivity index (χ0) is 16.7. The van der Waals surface area contributed by atoms with Crippen molar-refractivity contribution in [1.29, 1.82) is 0 Å². The minimum atomic E-state index is -0.336. The molecule has 1 aromatic carbocycles. The van der Waals surface area contributed by atoms with E-state index in [1.165, 1.54) is 29.4 Å². The van der Waals surface area contributed by atoms with E-state index in [0.717, 1.165) is 19.4 Å². The van der Waals surface area contributed by atoms with Gasteiger partial charge in [-0.25, -0.2) is 4.39 Å². The van der Waals surface area contributed by atoms with Crippen LogP contribution in [0, 0.1) is 0 Å². The van der Waals surface area contributed by atoms with E-state index < -0.39 is 0 Å². The molecule has 0 spiro atoms. The molecule has 0 radical (unpaired) electrons.